The number of hydrogen-bond acceptors (Lipinski definition) is 0. The molecule has 0 aliphatic carbocycles. The highest BCUT2D eigenvalue weighted by molar-refractivity contribution is 6.32. The first-order chi connectivity index (χ1) is 6.68. The summed E-state index contributed by atoms with van der Waals surface area (Å²) in [6.07, 6.45) is 0. The summed E-state index contributed by atoms with van der Waals surface area (Å²) in [7, 11) is 10.2. The molecule has 0 heterocycles. The number of halogens is 4. The van der Waals surface area contributed by atoms with Crippen LogP contribution in [0.15, 0.2) is 0 Å². The summed E-state index contributed by atoms with van der Waals surface area (Å²) >= 11 is 0. The van der Waals surface area contributed by atoms with E-state index in [0.717, 1.165) is 0 Å². The van der Waals surface area contributed by atoms with Crippen LogP contribution in [-0.4, -0.2) is 15.7 Å². The van der Waals surface area contributed by atoms with E-state index < -0.39 is 39.6 Å². The number of hydrogen-bond donors (Lipinski definition) is 0. The van der Waals surface area contributed by atoms with Gasteiger partial charge in [0.25, 0.3) is 0 Å². The van der Waals surface area contributed by atoms with E-state index in [-0.39, 0.29) is 0 Å². The molecule has 15 heavy (non-hydrogen) atoms. The van der Waals surface area contributed by atoms with Gasteiger partial charge in [-0.2, -0.15) is 0 Å². The SMILES string of the molecule is [B]c1c(F)c(F)c(C([B])(C)C)c(F)c1F. The molecule has 1 aromatic rings. The van der Waals surface area contributed by atoms with Gasteiger partial charge in [-0.1, -0.05) is 13.8 Å². The summed E-state index contributed by atoms with van der Waals surface area (Å²) in [5.74, 6) is -6.36. The fourth-order valence-corrected chi connectivity index (χ4v) is 1.21. The van der Waals surface area contributed by atoms with Crippen molar-refractivity contribution in [1.82, 2.24) is 0 Å². The lowest BCUT2D eigenvalue weighted by Crippen LogP contribution is -2.28. The molecule has 0 spiro atoms. The molecule has 0 fully saturated rings. The van der Waals surface area contributed by atoms with Crippen molar-refractivity contribution in [1.29, 1.82) is 0 Å². The van der Waals surface area contributed by atoms with Crippen molar-refractivity contribution in [3.8, 4) is 0 Å². The molecule has 0 amide bonds. The smallest absolute Gasteiger partial charge is 0.164 e. The quantitative estimate of drug-likeness (QED) is 0.375. The fourth-order valence-electron chi connectivity index (χ4n) is 1.21. The van der Waals surface area contributed by atoms with Gasteiger partial charge >= 0.3 is 0 Å². The number of benzene rings is 1. The Morgan fingerprint density at radius 3 is 1.47 bits per heavy atom. The third-order valence-electron chi connectivity index (χ3n) is 1.94. The molecule has 0 unspecified atom stereocenters. The van der Waals surface area contributed by atoms with Crippen LogP contribution in [0.1, 0.15) is 19.4 Å². The van der Waals surface area contributed by atoms with Crippen molar-refractivity contribution in [3.63, 3.8) is 0 Å². The van der Waals surface area contributed by atoms with Crippen molar-refractivity contribution in [2.45, 2.75) is 19.2 Å². The first kappa shape index (κ1) is 12.1. The van der Waals surface area contributed by atoms with Crippen LogP contribution in [0.3, 0.4) is 0 Å². The van der Waals surface area contributed by atoms with E-state index >= 15 is 0 Å². The average molecular weight is 212 g/mol. The standard InChI is InChI=1S/C9H6B2F4/c1-9(2,11)3-5(12)7(14)4(10)8(15)6(3)13/h1-2H3. The Kier molecular flexibility index (Phi) is 2.90. The predicted molar refractivity (Wildman–Crippen MR) is 50.4 cm³/mol. The van der Waals surface area contributed by atoms with Gasteiger partial charge in [0.1, 0.15) is 7.85 Å². The topological polar surface area (TPSA) is 0 Å². The molecule has 0 nitrogen and oxygen atoms in total. The van der Waals surface area contributed by atoms with Crippen molar-refractivity contribution >= 4 is 21.2 Å². The highest BCUT2D eigenvalue weighted by Gasteiger charge is 2.29. The highest BCUT2D eigenvalue weighted by atomic mass is 19.2. The maximum Gasteiger partial charge on any atom is 0.164 e. The van der Waals surface area contributed by atoms with Crippen LogP contribution in [-0.2, 0) is 5.31 Å². The van der Waals surface area contributed by atoms with Crippen LogP contribution in [0, 0.1) is 23.3 Å². The second kappa shape index (κ2) is 3.58. The molecule has 0 aliphatic rings. The summed E-state index contributed by atoms with van der Waals surface area (Å²) < 4.78 is 52.5. The van der Waals surface area contributed by atoms with Crippen LogP contribution < -0.4 is 5.46 Å². The summed E-state index contributed by atoms with van der Waals surface area (Å²) in [5, 5.41) is -1.54. The van der Waals surface area contributed by atoms with E-state index in [1.54, 1.807) is 0 Å². The van der Waals surface area contributed by atoms with Crippen LogP contribution in [0.4, 0.5) is 17.6 Å². The molecular formula is C9H6B2F4. The van der Waals surface area contributed by atoms with E-state index in [0.29, 0.717) is 0 Å². The number of rotatable bonds is 1. The van der Waals surface area contributed by atoms with Crippen LogP contribution in [0.2, 0.25) is 0 Å². The first-order valence-corrected chi connectivity index (χ1v) is 4.08. The Bertz CT molecular complexity index is 381. The monoisotopic (exact) mass is 212 g/mol. The zero-order chi connectivity index (χ0) is 12.0. The Labute approximate surface area is 87.5 Å². The van der Waals surface area contributed by atoms with Gasteiger partial charge < -0.3 is 0 Å². The van der Waals surface area contributed by atoms with Gasteiger partial charge in [-0.05, 0) is 10.8 Å². The van der Waals surface area contributed by atoms with Crippen molar-refractivity contribution in [2.75, 3.05) is 0 Å². The fraction of sp³-hybridized carbons (Fsp3) is 0.333. The molecule has 0 bridgehead atoms. The molecule has 0 atom stereocenters. The second-order valence-corrected chi connectivity index (χ2v) is 3.77. The van der Waals surface area contributed by atoms with Crippen LogP contribution in [0.25, 0.3) is 0 Å². The third kappa shape index (κ3) is 1.90. The van der Waals surface area contributed by atoms with Crippen LogP contribution in [0.5, 0.6) is 0 Å². The Morgan fingerprint density at radius 1 is 0.867 bits per heavy atom. The van der Waals surface area contributed by atoms with Gasteiger partial charge in [0.05, 0.1) is 7.85 Å². The van der Waals surface area contributed by atoms with Gasteiger partial charge in [0, 0.05) is 5.56 Å². The van der Waals surface area contributed by atoms with Crippen molar-refractivity contribution in [3.05, 3.63) is 28.8 Å². The summed E-state index contributed by atoms with van der Waals surface area (Å²) in [5.41, 5.74) is -2.04. The van der Waals surface area contributed by atoms with Crippen molar-refractivity contribution in [2.24, 2.45) is 0 Å². The Hall–Kier alpha value is -0.930. The van der Waals surface area contributed by atoms with Gasteiger partial charge in [-0.15, -0.1) is 0 Å². The average Bonchev–Trinajstić information content (AvgIpc) is 2.09. The van der Waals surface area contributed by atoms with Gasteiger partial charge in [-0.25, -0.2) is 17.6 Å². The largest absolute Gasteiger partial charge is 0.204 e. The molecule has 6 heteroatoms. The van der Waals surface area contributed by atoms with Crippen LogP contribution >= 0.6 is 0 Å². The molecule has 0 saturated heterocycles. The van der Waals surface area contributed by atoms with E-state index in [2.05, 4.69) is 0 Å². The molecular weight excluding hydrogens is 206 g/mol. The minimum atomic E-state index is -1.62. The summed E-state index contributed by atoms with van der Waals surface area (Å²) in [6.45, 7) is 2.45. The summed E-state index contributed by atoms with van der Waals surface area (Å²) in [6, 6.07) is 0. The third-order valence-corrected chi connectivity index (χ3v) is 1.94. The molecule has 0 N–H and O–H groups in total. The zero-order valence-corrected chi connectivity index (χ0v) is 8.17. The minimum Gasteiger partial charge on any atom is -0.204 e. The molecule has 0 aromatic heterocycles. The van der Waals surface area contributed by atoms with Gasteiger partial charge in [0.2, 0.25) is 0 Å². The normalized spacial score (nSPS) is 11.9. The van der Waals surface area contributed by atoms with Gasteiger partial charge in [-0.3, -0.25) is 0 Å². The van der Waals surface area contributed by atoms with Crippen molar-refractivity contribution < 1.29 is 17.6 Å². The molecule has 1 rings (SSSR count). The maximum absolute atomic E-state index is 13.3. The minimum absolute atomic E-state index is 0.855. The zero-order valence-electron chi connectivity index (χ0n) is 8.17. The lowest BCUT2D eigenvalue weighted by atomic mass is 9.66. The molecule has 0 aliphatic heterocycles. The first-order valence-electron chi connectivity index (χ1n) is 4.08. The van der Waals surface area contributed by atoms with Gasteiger partial charge in [0.15, 0.2) is 23.3 Å². The highest BCUT2D eigenvalue weighted by Crippen LogP contribution is 2.27. The van der Waals surface area contributed by atoms with E-state index in [1.807, 2.05) is 0 Å². The van der Waals surface area contributed by atoms with E-state index in [1.165, 1.54) is 13.8 Å². The van der Waals surface area contributed by atoms with E-state index in [9.17, 15) is 17.6 Å². The Balaban J connectivity index is 3.68. The van der Waals surface area contributed by atoms with E-state index in [4.69, 9.17) is 15.7 Å². The molecule has 76 valence electrons. The predicted octanol–water partition coefficient (Wildman–Crippen LogP) is 1.44. The summed E-state index contributed by atoms with van der Waals surface area (Å²) in [4.78, 5) is 0. The second-order valence-electron chi connectivity index (χ2n) is 3.77. The molecule has 4 radical (unpaired) electrons. The lowest BCUT2D eigenvalue weighted by molar-refractivity contribution is 0.433. The Morgan fingerprint density at radius 2 is 1.20 bits per heavy atom. The molecule has 1 aromatic carbocycles. The lowest BCUT2D eigenvalue weighted by Gasteiger charge is -2.22. The molecule has 0 saturated carbocycles. The maximum atomic E-state index is 13.3.